The quantitative estimate of drug-likeness (QED) is 0.732. The third-order valence-corrected chi connectivity index (χ3v) is 4.93. The summed E-state index contributed by atoms with van der Waals surface area (Å²) in [6.45, 7) is 5.37. The first kappa shape index (κ1) is 17.7. The van der Waals surface area contributed by atoms with Crippen molar-refractivity contribution in [2.24, 2.45) is 5.92 Å². The van der Waals surface area contributed by atoms with Crippen LogP contribution in [0.15, 0.2) is 24.3 Å². The number of anilines is 2. The van der Waals surface area contributed by atoms with Crippen molar-refractivity contribution in [3.63, 3.8) is 0 Å². The van der Waals surface area contributed by atoms with Gasteiger partial charge in [0.25, 0.3) is 0 Å². The standard InChI is InChI=1S/C18H26N4O3/c23-17(24)13-21-9-5-14(6-10-21)18(25)20-15-1-3-16(4-2-15)22-11-7-19-8-12-22/h1-4,14,19H,5-13H2,(H,20,25)(H,23,24). The van der Waals surface area contributed by atoms with Gasteiger partial charge in [-0.1, -0.05) is 0 Å². The number of benzene rings is 1. The molecule has 2 heterocycles. The molecule has 0 atom stereocenters. The molecule has 2 aliphatic rings. The molecule has 0 radical (unpaired) electrons. The van der Waals surface area contributed by atoms with Crippen molar-refractivity contribution < 1.29 is 14.7 Å². The summed E-state index contributed by atoms with van der Waals surface area (Å²) in [5, 5.41) is 15.2. The summed E-state index contributed by atoms with van der Waals surface area (Å²) in [4.78, 5) is 27.4. The number of carboxylic acids is 1. The van der Waals surface area contributed by atoms with E-state index >= 15 is 0 Å². The average molecular weight is 346 g/mol. The molecule has 25 heavy (non-hydrogen) atoms. The Kier molecular flexibility index (Phi) is 5.88. The minimum Gasteiger partial charge on any atom is -0.480 e. The highest BCUT2D eigenvalue weighted by molar-refractivity contribution is 5.92. The lowest BCUT2D eigenvalue weighted by atomic mass is 9.96. The minimum absolute atomic E-state index is 0.0323. The topological polar surface area (TPSA) is 84.9 Å². The van der Waals surface area contributed by atoms with Crippen LogP contribution in [-0.2, 0) is 9.59 Å². The third kappa shape index (κ3) is 4.93. The Balaban J connectivity index is 1.49. The molecule has 0 aliphatic carbocycles. The number of amides is 1. The number of nitrogens with one attached hydrogen (secondary N) is 2. The molecule has 0 bridgehead atoms. The molecule has 0 unspecified atom stereocenters. The second kappa shape index (κ2) is 8.31. The number of carboxylic acid groups (broad SMARTS) is 1. The highest BCUT2D eigenvalue weighted by atomic mass is 16.4. The Hall–Kier alpha value is -2.12. The largest absolute Gasteiger partial charge is 0.480 e. The SMILES string of the molecule is O=C(O)CN1CCC(C(=O)Nc2ccc(N3CCNCC3)cc2)CC1. The molecule has 3 N–H and O–H groups in total. The van der Waals surface area contributed by atoms with Crippen LogP contribution in [0.25, 0.3) is 0 Å². The van der Waals surface area contributed by atoms with Gasteiger partial charge in [0.2, 0.25) is 5.91 Å². The summed E-state index contributed by atoms with van der Waals surface area (Å²) in [6.07, 6.45) is 1.41. The molecule has 1 amide bonds. The summed E-state index contributed by atoms with van der Waals surface area (Å²) < 4.78 is 0. The zero-order chi connectivity index (χ0) is 17.6. The number of hydrogen-bond acceptors (Lipinski definition) is 5. The fraction of sp³-hybridized carbons (Fsp3) is 0.556. The molecule has 0 spiro atoms. The van der Waals surface area contributed by atoms with Gasteiger partial charge < -0.3 is 20.6 Å². The van der Waals surface area contributed by atoms with Crippen molar-refractivity contribution in [2.75, 3.05) is 56.0 Å². The smallest absolute Gasteiger partial charge is 0.317 e. The summed E-state index contributed by atoms with van der Waals surface area (Å²) in [6, 6.07) is 8.01. The van der Waals surface area contributed by atoms with Gasteiger partial charge in [-0.15, -0.1) is 0 Å². The van der Waals surface area contributed by atoms with E-state index in [1.807, 2.05) is 17.0 Å². The Labute approximate surface area is 148 Å². The van der Waals surface area contributed by atoms with Gasteiger partial charge in [0.1, 0.15) is 0 Å². The lowest BCUT2D eigenvalue weighted by Crippen LogP contribution is -2.43. The maximum Gasteiger partial charge on any atom is 0.317 e. The van der Waals surface area contributed by atoms with Crippen molar-refractivity contribution in [3.8, 4) is 0 Å². The monoisotopic (exact) mass is 346 g/mol. The molecule has 1 aromatic rings. The molecule has 1 aromatic carbocycles. The van der Waals surface area contributed by atoms with Crippen LogP contribution in [0.3, 0.4) is 0 Å². The highest BCUT2D eigenvalue weighted by Gasteiger charge is 2.25. The number of aliphatic carboxylic acids is 1. The Bertz CT molecular complexity index is 591. The molecule has 0 aromatic heterocycles. The molecule has 2 aliphatic heterocycles. The van der Waals surface area contributed by atoms with Gasteiger partial charge in [-0.25, -0.2) is 0 Å². The Morgan fingerprint density at radius 3 is 2.32 bits per heavy atom. The number of rotatable bonds is 5. The first-order valence-corrected chi connectivity index (χ1v) is 8.92. The molecule has 2 saturated heterocycles. The van der Waals surface area contributed by atoms with E-state index in [9.17, 15) is 9.59 Å². The van der Waals surface area contributed by atoms with Crippen molar-refractivity contribution in [1.82, 2.24) is 10.2 Å². The number of nitrogens with zero attached hydrogens (tertiary/aromatic N) is 2. The summed E-state index contributed by atoms with van der Waals surface area (Å²) in [5.41, 5.74) is 2.00. The van der Waals surface area contributed by atoms with Gasteiger partial charge >= 0.3 is 5.97 Å². The van der Waals surface area contributed by atoms with E-state index in [1.54, 1.807) is 0 Å². The van der Waals surface area contributed by atoms with Crippen molar-refractivity contribution >= 4 is 23.3 Å². The first-order valence-electron chi connectivity index (χ1n) is 8.92. The van der Waals surface area contributed by atoms with E-state index in [-0.39, 0.29) is 18.4 Å². The van der Waals surface area contributed by atoms with Crippen molar-refractivity contribution in [3.05, 3.63) is 24.3 Å². The second-order valence-electron chi connectivity index (χ2n) is 6.72. The van der Waals surface area contributed by atoms with E-state index in [1.165, 1.54) is 5.69 Å². The average Bonchev–Trinajstić information content (AvgIpc) is 2.63. The molecule has 136 valence electrons. The summed E-state index contributed by atoms with van der Waals surface area (Å²) in [7, 11) is 0. The van der Waals surface area contributed by atoms with Crippen LogP contribution >= 0.6 is 0 Å². The number of carbonyl (C=O) groups excluding carboxylic acids is 1. The fourth-order valence-corrected chi connectivity index (χ4v) is 3.47. The van der Waals surface area contributed by atoms with E-state index < -0.39 is 5.97 Å². The molecule has 0 saturated carbocycles. The van der Waals surface area contributed by atoms with Crippen LogP contribution in [0.5, 0.6) is 0 Å². The maximum absolute atomic E-state index is 12.4. The number of hydrogen-bond donors (Lipinski definition) is 3. The number of piperazine rings is 1. The van der Waals surface area contributed by atoms with Gasteiger partial charge in [0.15, 0.2) is 0 Å². The zero-order valence-corrected chi connectivity index (χ0v) is 14.4. The maximum atomic E-state index is 12.4. The van der Waals surface area contributed by atoms with Crippen molar-refractivity contribution in [2.45, 2.75) is 12.8 Å². The molecule has 7 heteroatoms. The van der Waals surface area contributed by atoms with Gasteiger partial charge in [0, 0.05) is 43.5 Å². The number of piperidine rings is 1. The van der Waals surface area contributed by atoms with Gasteiger partial charge in [-0.3, -0.25) is 14.5 Å². The van der Waals surface area contributed by atoms with Gasteiger partial charge in [-0.05, 0) is 50.2 Å². The van der Waals surface area contributed by atoms with Crippen LogP contribution in [0, 0.1) is 5.92 Å². The molecular weight excluding hydrogens is 320 g/mol. The number of likely N-dealkylation sites (tertiary alicyclic amines) is 1. The molecular formula is C18H26N4O3. The van der Waals surface area contributed by atoms with Gasteiger partial charge in [-0.2, -0.15) is 0 Å². The summed E-state index contributed by atoms with van der Waals surface area (Å²) >= 11 is 0. The van der Waals surface area contributed by atoms with E-state index in [0.717, 1.165) is 31.9 Å². The zero-order valence-electron chi connectivity index (χ0n) is 14.4. The molecule has 3 rings (SSSR count). The normalized spacial score (nSPS) is 19.6. The molecule has 7 nitrogen and oxygen atoms in total. The predicted molar refractivity (Wildman–Crippen MR) is 97.0 cm³/mol. The minimum atomic E-state index is -0.813. The van der Waals surface area contributed by atoms with E-state index in [4.69, 9.17) is 5.11 Å². The molecule has 2 fully saturated rings. The Morgan fingerprint density at radius 1 is 1.08 bits per heavy atom. The van der Waals surface area contributed by atoms with Crippen LogP contribution in [0.2, 0.25) is 0 Å². The summed E-state index contributed by atoms with van der Waals surface area (Å²) in [5.74, 6) is -0.824. The third-order valence-electron chi connectivity index (χ3n) is 4.93. The van der Waals surface area contributed by atoms with Crippen LogP contribution in [0.4, 0.5) is 11.4 Å². The highest BCUT2D eigenvalue weighted by Crippen LogP contribution is 2.22. The van der Waals surface area contributed by atoms with E-state index in [2.05, 4.69) is 27.7 Å². The fourth-order valence-electron chi connectivity index (χ4n) is 3.47. The second-order valence-corrected chi connectivity index (χ2v) is 6.72. The van der Waals surface area contributed by atoms with E-state index in [0.29, 0.717) is 25.9 Å². The number of carbonyl (C=O) groups is 2. The van der Waals surface area contributed by atoms with Crippen LogP contribution in [-0.4, -0.2) is 67.7 Å². The Morgan fingerprint density at radius 2 is 1.72 bits per heavy atom. The first-order chi connectivity index (χ1) is 12.1. The van der Waals surface area contributed by atoms with Crippen molar-refractivity contribution in [1.29, 1.82) is 0 Å². The van der Waals surface area contributed by atoms with Gasteiger partial charge in [0.05, 0.1) is 6.54 Å². The van der Waals surface area contributed by atoms with Crippen LogP contribution in [0.1, 0.15) is 12.8 Å². The lowest BCUT2D eigenvalue weighted by Gasteiger charge is -2.30. The lowest BCUT2D eigenvalue weighted by molar-refractivity contribution is -0.138. The predicted octanol–water partition coefficient (Wildman–Crippen LogP) is 0.831. The van der Waals surface area contributed by atoms with Crippen LogP contribution < -0.4 is 15.5 Å².